The molecule has 1 aliphatic rings. The van der Waals surface area contributed by atoms with Crippen molar-refractivity contribution in [3.8, 4) is 0 Å². The molecule has 6 nitrogen and oxygen atoms in total. The standard InChI is InChI=1S/C8H16N2O4S/c1-2-14-8(11)6-15(12,13)10-4-3-7(9)5-10/h7H,2-6,9H2,1H3/t7-/m0/s1. The highest BCUT2D eigenvalue weighted by atomic mass is 32.2. The molecule has 0 amide bonds. The average Bonchev–Trinajstić information content (AvgIpc) is 2.51. The maximum Gasteiger partial charge on any atom is 0.322 e. The molecule has 0 aromatic carbocycles. The molecule has 2 N–H and O–H groups in total. The summed E-state index contributed by atoms with van der Waals surface area (Å²) in [4.78, 5) is 11.0. The van der Waals surface area contributed by atoms with Crippen molar-refractivity contribution < 1.29 is 17.9 Å². The zero-order valence-corrected chi connectivity index (χ0v) is 9.50. The van der Waals surface area contributed by atoms with E-state index in [1.54, 1.807) is 6.92 Å². The van der Waals surface area contributed by atoms with E-state index in [-0.39, 0.29) is 12.6 Å². The van der Waals surface area contributed by atoms with Gasteiger partial charge in [0.2, 0.25) is 10.0 Å². The fourth-order valence-electron chi connectivity index (χ4n) is 1.45. The van der Waals surface area contributed by atoms with Crippen molar-refractivity contribution in [3.05, 3.63) is 0 Å². The van der Waals surface area contributed by atoms with Crippen LogP contribution in [0.1, 0.15) is 13.3 Å². The van der Waals surface area contributed by atoms with Crippen LogP contribution in [0.3, 0.4) is 0 Å². The van der Waals surface area contributed by atoms with E-state index in [9.17, 15) is 13.2 Å². The maximum atomic E-state index is 11.6. The lowest BCUT2D eigenvalue weighted by molar-refractivity contribution is -0.140. The first-order valence-corrected chi connectivity index (χ1v) is 6.45. The smallest absolute Gasteiger partial charge is 0.322 e. The first kappa shape index (κ1) is 12.4. The van der Waals surface area contributed by atoms with E-state index in [1.807, 2.05) is 0 Å². The third-order valence-electron chi connectivity index (χ3n) is 2.19. The Hall–Kier alpha value is -0.660. The third-order valence-corrected chi connectivity index (χ3v) is 3.91. The first-order valence-electron chi connectivity index (χ1n) is 4.84. The van der Waals surface area contributed by atoms with Crippen LogP contribution in [0.15, 0.2) is 0 Å². The first-order chi connectivity index (χ1) is 6.95. The normalized spacial score (nSPS) is 22.9. The van der Waals surface area contributed by atoms with Gasteiger partial charge in [0.15, 0.2) is 5.75 Å². The minimum Gasteiger partial charge on any atom is -0.465 e. The number of carbonyl (C=O) groups excluding carboxylic acids is 1. The molecule has 88 valence electrons. The van der Waals surface area contributed by atoms with Gasteiger partial charge < -0.3 is 10.5 Å². The Morgan fingerprint density at radius 3 is 2.73 bits per heavy atom. The zero-order chi connectivity index (χ0) is 11.5. The average molecular weight is 236 g/mol. The predicted molar refractivity (Wildman–Crippen MR) is 54.6 cm³/mol. The SMILES string of the molecule is CCOC(=O)CS(=O)(=O)N1CC[C@H](N)C1. The van der Waals surface area contributed by atoms with Crippen LogP contribution in [0.2, 0.25) is 0 Å². The van der Waals surface area contributed by atoms with Crippen molar-refractivity contribution >= 4 is 16.0 Å². The molecule has 1 saturated heterocycles. The van der Waals surface area contributed by atoms with E-state index >= 15 is 0 Å². The number of rotatable bonds is 4. The summed E-state index contributed by atoms with van der Waals surface area (Å²) in [7, 11) is -3.54. The molecule has 0 aromatic heterocycles. The fourth-order valence-corrected chi connectivity index (χ4v) is 2.82. The van der Waals surface area contributed by atoms with Crippen molar-refractivity contribution in [2.24, 2.45) is 5.73 Å². The second-order valence-electron chi connectivity index (χ2n) is 3.47. The van der Waals surface area contributed by atoms with Crippen LogP contribution in [0.4, 0.5) is 0 Å². The van der Waals surface area contributed by atoms with Gasteiger partial charge in [-0.05, 0) is 13.3 Å². The molecule has 0 saturated carbocycles. The van der Waals surface area contributed by atoms with Crippen LogP contribution in [-0.2, 0) is 19.6 Å². The number of hydrogen-bond acceptors (Lipinski definition) is 5. The number of carbonyl (C=O) groups is 1. The molecule has 0 aromatic rings. The number of hydrogen-bond donors (Lipinski definition) is 1. The molecule has 0 aliphatic carbocycles. The predicted octanol–water partition coefficient (Wildman–Crippen LogP) is -1.09. The number of esters is 1. The van der Waals surface area contributed by atoms with Crippen molar-refractivity contribution in [1.82, 2.24) is 4.31 Å². The summed E-state index contributed by atoms with van der Waals surface area (Å²) in [5.74, 6) is -1.30. The maximum absolute atomic E-state index is 11.6. The van der Waals surface area contributed by atoms with Gasteiger partial charge in [0, 0.05) is 19.1 Å². The number of nitrogens with zero attached hydrogens (tertiary/aromatic N) is 1. The highest BCUT2D eigenvalue weighted by molar-refractivity contribution is 7.89. The molecule has 0 bridgehead atoms. The molecule has 1 heterocycles. The minimum absolute atomic E-state index is 0.123. The number of nitrogens with two attached hydrogens (primary N) is 1. The second-order valence-corrected chi connectivity index (χ2v) is 5.44. The molecule has 0 spiro atoms. The highest BCUT2D eigenvalue weighted by Gasteiger charge is 2.31. The fraction of sp³-hybridized carbons (Fsp3) is 0.875. The molecule has 0 radical (unpaired) electrons. The molecule has 0 unspecified atom stereocenters. The summed E-state index contributed by atoms with van der Waals surface area (Å²) in [6, 6.07) is -0.123. The summed E-state index contributed by atoms with van der Waals surface area (Å²) in [5.41, 5.74) is 5.59. The van der Waals surface area contributed by atoms with E-state index in [4.69, 9.17) is 5.73 Å². The van der Waals surface area contributed by atoms with Gasteiger partial charge >= 0.3 is 5.97 Å². The van der Waals surface area contributed by atoms with Crippen LogP contribution in [0, 0.1) is 0 Å². The van der Waals surface area contributed by atoms with E-state index in [0.29, 0.717) is 19.5 Å². The molecule has 15 heavy (non-hydrogen) atoms. The monoisotopic (exact) mass is 236 g/mol. The Morgan fingerprint density at radius 1 is 1.60 bits per heavy atom. The van der Waals surface area contributed by atoms with Crippen LogP contribution < -0.4 is 5.73 Å². The van der Waals surface area contributed by atoms with E-state index in [0.717, 1.165) is 0 Å². The summed E-state index contributed by atoms with van der Waals surface area (Å²) in [6.07, 6.45) is 0.641. The van der Waals surface area contributed by atoms with Gasteiger partial charge in [-0.15, -0.1) is 0 Å². The molecule has 1 fully saturated rings. The highest BCUT2D eigenvalue weighted by Crippen LogP contribution is 2.12. The largest absolute Gasteiger partial charge is 0.465 e. The molecule has 1 rings (SSSR count). The van der Waals surface area contributed by atoms with Gasteiger partial charge in [-0.1, -0.05) is 0 Å². The van der Waals surface area contributed by atoms with Gasteiger partial charge in [0.05, 0.1) is 6.61 Å². The molecular weight excluding hydrogens is 220 g/mol. The topological polar surface area (TPSA) is 89.7 Å². The summed E-state index contributed by atoms with van der Waals surface area (Å²) in [6.45, 7) is 2.51. The molecule has 1 aliphatic heterocycles. The summed E-state index contributed by atoms with van der Waals surface area (Å²) < 4.78 is 29.1. The molecular formula is C8H16N2O4S. The van der Waals surface area contributed by atoms with Crippen molar-refractivity contribution in [1.29, 1.82) is 0 Å². The van der Waals surface area contributed by atoms with Crippen molar-refractivity contribution in [2.45, 2.75) is 19.4 Å². The van der Waals surface area contributed by atoms with Gasteiger partial charge in [-0.2, -0.15) is 4.31 Å². The quantitative estimate of drug-likeness (QED) is 0.627. The third kappa shape index (κ3) is 3.44. The summed E-state index contributed by atoms with van der Waals surface area (Å²) in [5, 5.41) is 0. The Morgan fingerprint density at radius 2 is 2.27 bits per heavy atom. The lowest BCUT2D eigenvalue weighted by Crippen LogP contribution is -2.36. The van der Waals surface area contributed by atoms with Crippen LogP contribution >= 0.6 is 0 Å². The Balaban J connectivity index is 2.56. The van der Waals surface area contributed by atoms with Gasteiger partial charge in [0.25, 0.3) is 0 Å². The zero-order valence-electron chi connectivity index (χ0n) is 8.68. The lowest BCUT2D eigenvalue weighted by atomic mass is 10.3. The number of sulfonamides is 1. The van der Waals surface area contributed by atoms with Gasteiger partial charge in [0.1, 0.15) is 0 Å². The van der Waals surface area contributed by atoms with Crippen molar-refractivity contribution in [2.75, 3.05) is 25.4 Å². The minimum atomic E-state index is -3.54. The van der Waals surface area contributed by atoms with Crippen LogP contribution in [0.5, 0.6) is 0 Å². The van der Waals surface area contributed by atoms with Crippen molar-refractivity contribution in [3.63, 3.8) is 0 Å². The van der Waals surface area contributed by atoms with E-state index in [1.165, 1.54) is 4.31 Å². The lowest BCUT2D eigenvalue weighted by Gasteiger charge is -2.14. The number of ether oxygens (including phenoxy) is 1. The van der Waals surface area contributed by atoms with Crippen LogP contribution in [-0.4, -0.2) is 50.2 Å². The molecule has 7 heteroatoms. The second kappa shape index (κ2) is 4.91. The van der Waals surface area contributed by atoms with E-state index in [2.05, 4.69) is 4.74 Å². The van der Waals surface area contributed by atoms with E-state index < -0.39 is 21.7 Å². The Kier molecular flexibility index (Phi) is 4.06. The molecule has 1 atom stereocenters. The van der Waals surface area contributed by atoms with Gasteiger partial charge in [-0.3, -0.25) is 4.79 Å². The van der Waals surface area contributed by atoms with Gasteiger partial charge in [-0.25, -0.2) is 8.42 Å². The van der Waals surface area contributed by atoms with Crippen LogP contribution in [0.25, 0.3) is 0 Å². The Bertz CT molecular complexity index is 328. The summed E-state index contributed by atoms with van der Waals surface area (Å²) >= 11 is 0. The Labute approximate surface area is 89.4 Å².